The first kappa shape index (κ1) is 16.3. The zero-order valence-electron chi connectivity index (χ0n) is 12.4. The van der Waals surface area contributed by atoms with Gasteiger partial charge in [0.1, 0.15) is 5.75 Å². The Morgan fingerprint density at radius 2 is 2.10 bits per heavy atom. The van der Waals surface area contributed by atoms with Gasteiger partial charge in [-0.3, -0.25) is 4.79 Å². The van der Waals surface area contributed by atoms with Crippen molar-refractivity contribution in [3.63, 3.8) is 0 Å². The Morgan fingerprint density at radius 1 is 1.35 bits per heavy atom. The summed E-state index contributed by atoms with van der Waals surface area (Å²) in [6.45, 7) is 5.40. The third kappa shape index (κ3) is 5.93. The molecule has 5 heteroatoms. The van der Waals surface area contributed by atoms with Crippen LogP contribution < -0.4 is 15.8 Å². The lowest BCUT2D eigenvalue weighted by atomic mass is 10.1. The SMILES string of the molecule is COc1cc(N)ccc1NC(=O)CCOCCC(C)C. The van der Waals surface area contributed by atoms with Crippen LogP contribution in [0.4, 0.5) is 11.4 Å². The molecule has 112 valence electrons. The second-order valence-corrected chi connectivity index (χ2v) is 5.05. The van der Waals surface area contributed by atoms with E-state index in [1.807, 2.05) is 0 Å². The summed E-state index contributed by atoms with van der Waals surface area (Å²) in [7, 11) is 1.54. The Labute approximate surface area is 120 Å². The Bertz CT molecular complexity index is 433. The van der Waals surface area contributed by atoms with Crippen molar-refractivity contribution in [3.05, 3.63) is 18.2 Å². The monoisotopic (exact) mass is 280 g/mol. The number of hydrogen-bond donors (Lipinski definition) is 2. The fourth-order valence-corrected chi connectivity index (χ4v) is 1.61. The van der Waals surface area contributed by atoms with E-state index in [2.05, 4.69) is 19.2 Å². The molecule has 1 aromatic carbocycles. The molecule has 0 aromatic heterocycles. The molecular formula is C15H24N2O3. The van der Waals surface area contributed by atoms with E-state index in [4.69, 9.17) is 15.2 Å². The molecule has 5 nitrogen and oxygen atoms in total. The first-order chi connectivity index (χ1) is 9.52. The molecule has 1 amide bonds. The van der Waals surface area contributed by atoms with Crippen LogP contribution in [0.3, 0.4) is 0 Å². The number of rotatable bonds is 8. The normalized spacial score (nSPS) is 10.6. The molecule has 0 aliphatic carbocycles. The van der Waals surface area contributed by atoms with Gasteiger partial charge in [0.2, 0.25) is 5.91 Å². The van der Waals surface area contributed by atoms with Crippen LogP contribution in [-0.2, 0) is 9.53 Å². The van der Waals surface area contributed by atoms with Crippen molar-refractivity contribution < 1.29 is 14.3 Å². The largest absolute Gasteiger partial charge is 0.494 e. The Kier molecular flexibility index (Phi) is 6.87. The van der Waals surface area contributed by atoms with Gasteiger partial charge in [0, 0.05) is 18.4 Å². The highest BCUT2D eigenvalue weighted by Gasteiger charge is 2.08. The van der Waals surface area contributed by atoms with Crippen molar-refractivity contribution in [2.45, 2.75) is 26.7 Å². The van der Waals surface area contributed by atoms with Gasteiger partial charge in [0.05, 0.1) is 25.8 Å². The second-order valence-electron chi connectivity index (χ2n) is 5.05. The van der Waals surface area contributed by atoms with Crippen LogP contribution in [0.5, 0.6) is 5.75 Å². The molecule has 0 bridgehead atoms. The smallest absolute Gasteiger partial charge is 0.226 e. The number of methoxy groups -OCH3 is 1. The molecule has 0 fully saturated rings. The maximum absolute atomic E-state index is 11.8. The third-order valence-electron chi connectivity index (χ3n) is 2.81. The van der Waals surface area contributed by atoms with Gasteiger partial charge in [-0.1, -0.05) is 13.8 Å². The average Bonchev–Trinajstić information content (AvgIpc) is 2.40. The van der Waals surface area contributed by atoms with E-state index in [0.29, 0.717) is 42.7 Å². The molecule has 0 aliphatic heterocycles. The lowest BCUT2D eigenvalue weighted by Crippen LogP contribution is -2.15. The van der Waals surface area contributed by atoms with Crippen LogP contribution in [0, 0.1) is 5.92 Å². The van der Waals surface area contributed by atoms with E-state index in [1.165, 1.54) is 0 Å². The zero-order chi connectivity index (χ0) is 15.0. The van der Waals surface area contributed by atoms with Crippen LogP contribution in [0.2, 0.25) is 0 Å². The summed E-state index contributed by atoms with van der Waals surface area (Å²) in [5.74, 6) is 1.07. The predicted octanol–water partition coefficient (Wildman–Crippen LogP) is 2.67. The summed E-state index contributed by atoms with van der Waals surface area (Å²) in [6, 6.07) is 5.12. The summed E-state index contributed by atoms with van der Waals surface area (Å²) < 4.78 is 10.6. The van der Waals surface area contributed by atoms with Crippen LogP contribution in [0.25, 0.3) is 0 Å². The third-order valence-corrected chi connectivity index (χ3v) is 2.81. The highest BCUT2D eigenvalue weighted by molar-refractivity contribution is 5.92. The Balaban J connectivity index is 2.35. The maximum Gasteiger partial charge on any atom is 0.226 e. The summed E-state index contributed by atoms with van der Waals surface area (Å²) >= 11 is 0. The van der Waals surface area contributed by atoms with Crippen molar-refractivity contribution in [2.24, 2.45) is 5.92 Å². The van der Waals surface area contributed by atoms with Crippen molar-refractivity contribution in [3.8, 4) is 5.75 Å². The number of amides is 1. The van der Waals surface area contributed by atoms with E-state index < -0.39 is 0 Å². The summed E-state index contributed by atoms with van der Waals surface area (Å²) in [5.41, 5.74) is 6.87. The van der Waals surface area contributed by atoms with Crippen LogP contribution in [-0.4, -0.2) is 26.2 Å². The maximum atomic E-state index is 11.8. The van der Waals surface area contributed by atoms with Crippen LogP contribution >= 0.6 is 0 Å². The van der Waals surface area contributed by atoms with E-state index in [1.54, 1.807) is 25.3 Å². The Hall–Kier alpha value is -1.75. The minimum Gasteiger partial charge on any atom is -0.494 e. The Morgan fingerprint density at radius 3 is 2.75 bits per heavy atom. The number of nitrogen functional groups attached to an aromatic ring is 1. The first-order valence-electron chi connectivity index (χ1n) is 6.84. The molecule has 3 N–H and O–H groups in total. The molecule has 0 saturated carbocycles. The van der Waals surface area contributed by atoms with Crippen molar-refractivity contribution in [1.82, 2.24) is 0 Å². The lowest BCUT2D eigenvalue weighted by Gasteiger charge is -2.11. The molecule has 1 rings (SSSR count). The van der Waals surface area contributed by atoms with E-state index in [0.717, 1.165) is 6.42 Å². The quantitative estimate of drug-likeness (QED) is 0.567. The summed E-state index contributed by atoms with van der Waals surface area (Å²) in [4.78, 5) is 11.8. The number of anilines is 2. The molecule has 0 saturated heterocycles. The predicted molar refractivity (Wildman–Crippen MR) is 80.9 cm³/mol. The number of carbonyl (C=O) groups excluding carboxylic acids is 1. The van der Waals surface area contributed by atoms with Crippen molar-refractivity contribution in [2.75, 3.05) is 31.4 Å². The average molecular weight is 280 g/mol. The highest BCUT2D eigenvalue weighted by atomic mass is 16.5. The second kappa shape index (κ2) is 8.43. The molecule has 0 spiro atoms. The fraction of sp³-hybridized carbons (Fsp3) is 0.533. The highest BCUT2D eigenvalue weighted by Crippen LogP contribution is 2.26. The van der Waals surface area contributed by atoms with Gasteiger partial charge >= 0.3 is 0 Å². The molecule has 1 aromatic rings. The van der Waals surface area contributed by atoms with Crippen LogP contribution in [0.15, 0.2) is 18.2 Å². The number of benzene rings is 1. The van der Waals surface area contributed by atoms with E-state index >= 15 is 0 Å². The molecule has 0 atom stereocenters. The summed E-state index contributed by atoms with van der Waals surface area (Å²) in [5, 5.41) is 2.79. The van der Waals surface area contributed by atoms with Gasteiger partial charge in [-0.2, -0.15) is 0 Å². The number of carbonyl (C=O) groups is 1. The van der Waals surface area contributed by atoms with Gasteiger partial charge in [-0.25, -0.2) is 0 Å². The molecule has 0 unspecified atom stereocenters. The lowest BCUT2D eigenvalue weighted by molar-refractivity contribution is -0.117. The molecule has 0 radical (unpaired) electrons. The minimum atomic E-state index is -0.0994. The summed E-state index contributed by atoms with van der Waals surface area (Å²) in [6.07, 6.45) is 1.33. The van der Waals surface area contributed by atoms with Crippen molar-refractivity contribution >= 4 is 17.3 Å². The van der Waals surface area contributed by atoms with Gasteiger partial charge in [0.15, 0.2) is 0 Å². The first-order valence-corrected chi connectivity index (χ1v) is 6.84. The topological polar surface area (TPSA) is 73.6 Å². The zero-order valence-corrected chi connectivity index (χ0v) is 12.4. The van der Waals surface area contributed by atoms with Gasteiger partial charge < -0.3 is 20.5 Å². The van der Waals surface area contributed by atoms with Gasteiger partial charge in [-0.05, 0) is 24.5 Å². The van der Waals surface area contributed by atoms with E-state index in [-0.39, 0.29) is 5.91 Å². The van der Waals surface area contributed by atoms with Gasteiger partial charge in [0.25, 0.3) is 0 Å². The van der Waals surface area contributed by atoms with E-state index in [9.17, 15) is 4.79 Å². The molecule has 0 aliphatic rings. The van der Waals surface area contributed by atoms with Crippen molar-refractivity contribution in [1.29, 1.82) is 0 Å². The number of nitrogens with one attached hydrogen (secondary N) is 1. The van der Waals surface area contributed by atoms with Gasteiger partial charge in [-0.15, -0.1) is 0 Å². The minimum absolute atomic E-state index is 0.0994. The number of nitrogens with two attached hydrogens (primary N) is 1. The molecule has 0 heterocycles. The molecular weight excluding hydrogens is 256 g/mol. The standard InChI is InChI=1S/C15H24N2O3/c1-11(2)6-8-20-9-7-15(18)17-13-5-4-12(16)10-14(13)19-3/h4-5,10-11H,6-9,16H2,1-3H3,(H,17,18). The fourth-order valence-electron chi connectivity index (χ4n) is 1.61. The molecule has 20 heavy (non-hydrogen) atoms. The van der Waals surface area contributed by atoms with Crippen LogP contribution in [0.1, 0.15) is 26.7 Å². The number of ether oxygens (including phenoxy) is 2. The number of hydrogen-bond acceptors (Lipinski definition) is 4.